The number of aromatic nitrogens is 1. The molecule has 0 saturated carbocycles. The van der Waals surface area contributed by atoms with E-state index in [0.717, 1.165) is 24.8 Å². The van der Waals surface area contributed by atoms with Crippen LogP contribution < -0.4 is 4.74 Å². The number of halogens is 2. The molecule has 0 bridgehead atoms. The van der Waals surface area contributed by atoms with Crippen molar-refractivity contribution < 1.29 is 22.7 Å². The lowest BCUT2D eigenvalue weighted by Crippen LogP contribution is -2.41. The molecule has 0 spiro atoms. The van der Waals surface area contributed by atoms with Crippen molar-refractivity contribution in [3.05, 3.63) is 83.6 Å². The number of rotatable bonds is 6. The zero-order chi connectivity index (χ0) is 20.9. The highest BCUT2D eigenvalue weighted by Crippen LogP contribution is 2.31. The summed E-state index contributed by atoms with van der Waals surface area (Å²) in [5.41, 5.74) is 0.793. The number of piperidine rings is 1. The van der Waals surface area contributed by atoms with Gasteiger partial charge in [0, 0.05) is 13.0 Å². The third-order valence-electron chi connectivity index (χ3n) is 5.12. The molecule has 1 atom stereocenters. The molecular weight excluding hydrogens is 390 g/mol. The summed E-state index contributed by atoms with van der Waals surface area (Å²) in [6, 6.07) is 11.6. The molecule has 0 radical (unpaired) electrons. The number of carbonyl (C=O) groups is 1. The van der Waals surface area contributed by atoms with Crippen LogP contribution in [-0.4, -0.2) is 28.9 Å². The first-order chi connectivity index (χ1) is 14.6. The summed E-state index contributed by atoms with van der Waals surface area (Å²) in [6.45, 7) is 0.455. The lowest BCUT2D eigenvalue weighted by Gasteiger charge is -2.33. The monoisotopic (exact) mass is 412 g/mol. The Labute approximate surface area is 173 Å². The Bertz CT molecular complexity index is 1000. The van der Waals surface area contributed by atoms with Gasteiger partial charge >= 0.3 is 0 Å². The number of hydrogen-bond donors (Lipinski definition) is 0. The summed E-state index contributed by atoms with van der Waals surface area (Å²) in [6.07, 6.45) is 4.68. The molecule has 2 aromatic carbocycles. The van der Waals surface area contributed by atoms with E-state index in [4.69, 9.17) is 9.15 Å². The fourth-order valence-corrected chi connectivity index (χ4v) is 3.65. The molecule has 2 heterocycles. The predicted octanol–water partition coefficient (Wildman–Crippen LogP) is 4.68. The number of ether oxygens (including phenoxy) is 1. The third-order valence-corrected chi connectivity index (χ3v) is 5.12. The van der Waals surface area contributed by atoms with Gasteiger partial charge in [0.1, 0.15) is 29.2 Å². The van der Waals surface area contributed by atoms with Crippen LogP contribution in [0.1, 0.15) is 42.5 Å². The van der Waals surface area contributed by atoms with Crippen molar-refractivity contribution in [2.75, 3.05) is 13.2 Å². The number of benzene rings is 2. The minimum absolute atomic E-state index is 0.140. The molecule has 3 aromatic rings. The Balaban J connectivity index is 1.42. The van der Waals surface area contributed by atoms with Crippen LogP contribution in [0.5, 0.6) is 5.75 Å². The van der Waals surface area contributed by atoms with Gasteiger partial charge in [-0.25, -0.2) is 13.8 Å². The Kier molecular flexibility index (Phi) is 6.07. The largest absolute Gasteiger partial charge is 0.484 e. The highest BCUT2D eigenvalue weighted by molar-refractivity contribution is 5.78. The normalized spacial score (nSPS) is 16.5. The maximum Gasteiger partial charge on any atom is 0.261 e. The Hall–Kier alpha value is -3.22. The van der Waals surface area contributed by atoms with Crippen LogP contribution in [0.2, 0.25) is 0 Å². The fourth-order valence-electron chi connectivity index (χ4n) is 3.65. The molecule has 4 rings (SSSR count). The van der Waals surface area contributed by atoms with Crippen molar-refractivity contribution in [1.29, 1.82) is 0 Å². The van der Waals surface area contributed by atoms with E-state index in [-0.39, 0.29) is 30.2 Å². The molecule has 1 aromatic heterocycles. The van der Waals surface area contributed by atoms with Gasteiger partial charge in [0.2, 0.25) is 5.89 Å². The predicted molar refractivity (Wildman–Crippen MR) is 106 cm³/mol. The van der Waals surface area contributed by atoms with Gasteiger partial charge in [-0.05, 0) is 61.2 Å². The summed E-state index contributed by atoms with van der Waals surface area (Å²) in [5.74, 6) is 0.716. The second-order valence-corrected chi connectivity index (χ2v) is 7.31. The molecule has 1 unspecified atom stereocenters. The summed E-state index contributed by atoms with van der Waals surface area (Å²) in [4.78, 5) is 18.9. The van der Waals surface area contributed by atoms with Gasteiger partial charge in [0.05, 0.1) is 6.20 Å². The van der Waals surface area contributed by atoms with Crippen LogP contribution in [0, 0.1) is 11.6 Å². The van der Waals surface area contributed by atoms with Gasteiger partial charge in [-0.2, -0.15) is 0 Å². The molecule has 156 valence electrons. The van der Waals surface area contributed by atoms with Gasteiger partial charge in [0.15, 0.2) is 6.61 Å². The van der Waals surface area contributed by atoms with Crippen LogP contribution in [0.25, 0.3) is 0 Å². The molecule has 1 amide bonds. The Morgan fingerprint density at radius 1 is 1.13 bits per heavy atom. The molecule has 1 aliphatic rings. The first kappa shape index (κ1) is 20.1. The van der Waals surface area contributed by atoms with Crippen molar-refractivity contribution >= 4 is 5.91 Å². The van der Waals surface area contributed by atoms with Gasteiger partial charge < -0.3 is 14.1 Å². The van der Waals surface area contributed by atoms with Crippen LogP contribution in [0.4, 0.5) is 8.78 Å². The number of oxazole rings is 1. The highest BCUT2D eigenvalue weighted by Gasteiger charge is 2.31. The quantitative estimate of drug-likeness (QED) is 0.590. The molecule has 30 heavy (non-hydrogen) atoms. The van der Waals surface area contributed by atoms with Gasteiger partial charge in [-0.3, -0.25) is 4.79 Å². The van der Waals surface area contributed by atoms with Gasteiger partial charge in [0.25, 0.3) is 5.91 Å². The van der Waals surface area contributed by atoms with E-state index in [9.17, 15) is 13.6 Å². The number of carbonyl (C=O) groups excluding carboxylic acids is 1. The van der Waals surface area contributed by atoms with Crippen molar-refractivity contribution in [3.8, 4) is 5.75 Å². The van der Waals surface area contributed by atoms with E-state index in [1.54, 1.807) is 17.2 Å². The lowest BCUT2D eigenvalue weighted by molar-refractivity contribution is -0.137. The van der Waals surface area contributed by atoms with Crippen LogP contribution in [-0.2, 0) is 11.2 Å². The molecule has 0 aliphatic carbocycles. The van der Waals surface area contributed by atoms with E-state index in [2.05, 4.69) is 4.98 Å². The van der Waals surface area contributed by atoms with Crippen molar-refractivity contribution in [3.63, 3.8) is 0 Å². The number of nitrogens with zero attached hydrogens (tertiary/aromatic N) is 2. The topological polar surface area (TPSA) is 55.6 Å². The zero-order valence-electron chi connectivity index (χ0n) is 16.4. The van der Waals surface area contributed by atoms with Crippen molar-refractivity contribution in [1.82, 2.24) is 9.88 Å². The molecule has 0 N–H and O–H groups in total. The van der Waals surface area contributed by atoms with Crippen LogP contribution in [0.3, 0.4) is 0 Å². The summed E-state index contributed by atoms with van der Waals surface area (Å²) >= 11 is 0. The Morgan fingerprint density at radius 3 is 2.77 bits per heavy atom. The summed E-state index contributed by atoms with van der Waals surface area (Å²) in [7, 11) is 0. The average Bonchev–Trinajstić information content (AvgIpc) is 3.21. The minimum atomic E-state index is -0.359. The van der Waals surface area contributed by atoms with Gasteiger partial charge in [-0.15, -0.1) is 0 Å². The number of amides is 1. The molecule has 1 fully saturated rings. The Morgan fingerprint density at radius 2 is 1.97 bits per heavy atom. The molecule has 1 saturated heterocycles. The number of hydrogen-bond acceptors (Lipinski definition) is 4. The highest BCUT2D eigenvalue weighted by atomic mass is 19.1. The third kappa shape index (κ3) is 4.84. The maximum absolute atomic E-state index is 13.4. The molecule has 7 heteroatoms. The fraction of sp³-hybridized carbons (Fsp3) is 0.304. The SMILES string of the molecule is O=C(COc1ccc(F)cc1)N1CCCCC1c1ncc(Cc2cccc(F)c2)o1. The summed E-state index contributed by atoms with van der Waals surface area (Å²) < 4.78 is 37.8. The first-order valence-corrected chi connectivity index (χ1v) is 9.95. The zero-order valence-corrected chi connectivity index (χ0v) is 16.4. The van der Waals surface area contributed by atoms with E-state index in [1.807, 2.05) is 6.07 Å². The first-order valence-electron chi connectivity index (χ1n) is 9.95. The minimum Gasteiger partial charge on any atom is -0.484 e. The van der Waals surface area contributed by atoms with Gasteiger partial charge in [-0.1, -0.05) is 12.1 Å². The second kappa shape index (κ2) is 9.07. The molecule has 5 nitrogen and oxygen atoms in total. The van der Waals surface area contributed by atoms with Crippen LogP contribution in [0.15, 0.2) is 59.1 Å². The van der Waals surface area contributed by atoms with E-state index in [0.29, 0.717) is 30.4 Å². The van der Waals surface area contributed by atoms with E-state index >= 15 is 0 Å². The molecular formula is C23H22F2N2O3. The lowest BCUT2D eigenvalue weighted by atomic mass is 10.0. The van der Waals surface area contributed by atoms with E-state index in [1.165, 1.54) is 36.4 Å². The second-order valence-electron chi connectivity index (χ2n) is 7.31. The summed E-state index contributed by atoms with van der Waals surface area (Å²) in [5, 5.41) is 0. The molecule has 1 aliphatic heterocycles. The van der Waals surface area contributed by atoms with Crippen molar-refractivity contribution in [2.45, 2.75) is 31.7 Å². The van der Waals surface area contributed by atoms with Crippen molar-refractivity contribution in [2.24, 2.45) is 0 Å². The average molecular weight is 412 g/mol. The number of likely N-dealkylation sites (tertiary alicyclic amines) is 1. The standard InChI is InChI=1S/C23H22F2N2O3/c24-17-7-9-19(10-8-17)29-15-22(28)27-11-2-1-6-21(27)23-26-14-20(30-23)13-16-4-3-5-18(25)12-16/h3-5,7-10,12,14,21H,1-2,6,11,13,15H2. The smallest absolute Gasteiger partial charge is 0.261 e. The van der Waals surface area contributed by atoms with Crippen LogP contribution >= 0.6 is 0 Å². The maximum atomic E-state index is 13.4. The van der Waals surface area contributed by atoms with E-state index < -0.39 is 0 Å².